The van der Waals surface area contributed by atoms with Gasteiger partial charge in [0.05, 0.1) is 17.1 Å². The second-order valence-electron chi connectivity index (χ2n) is 6.04. The molecule has 1 aliphatic heterocycles. The monoisotopic (exact) mass is 364 g/mol. The Labute approximate surface area is 143 Å². The third-order valence-corrected chi connectivity index (χ3v) is 4.24. The summed E-state index contributed by atoms with van der Waals surface area (Å²) in [4.78, 5) is 19.1. The number of nitrogens with one attached hydrogen (secondary N) is 1. The summed E-state index contributed by atoms with van der Waals surface area (Å²) in [7, 11) is 3.43. The molecular weight excluding hydrogens is 345 g/mol. The molecule has 5 nitrogen and oxygen atoms in total. The van der Waals surface area contributed by atoms with Gasteiger partial charge in [-0.15, -0.1) is 0 Å². The predicted octanol–water partition coefficient (Wildman–Crippen LogP) is 2.72. The molecule has 0 unspecified atom stereocenters. The molecule has 1 aromatic rings. The number of piperidine rings is 1. The number of halogens is 4. The predicted molar refractivity (Wildman–Crippen MR) is 86.0 cm³/mol. The number of likely N-dealkylation sites (tertiary alicyclic amines) is 1. The van der Waals surface area contributed by atoms with Crippen molar-refractivity contribution < 1.29 is 18.0 Å². The number of hydrogen-bond donors (Lipinski definition) is 1. The lowest BCUT2D eigenvalue weighted by Crippen LogP contribution is -2.44. The number of aromatic nitrogens is 1. The maximum Gasteiger partial charge on any atom is 0.417 e. The lowest BCUT2D eigenvalue weighted by Gasteiger charge is -2.32. The number of hydrogen-bond acceptors (Lipinski definition) is 4. The summed E-state index contributed by atoms with van der Waals surface area (Å²) in [6.45, 7) is 1.84. The summed E-state index contributed by atoms with van der Waals surface area (Å²) in [6.07, 6.45) is -2.15. The average Bonchev–Trinajstić information content (AvgIpc) is 2.50. The van der Waals surface area contributed by atoms with Crippen molar-refractivity contribution in [1.29, 1.82) is 0 Å². The Kier molecular flexibility index (Phi) is 5.92. The van der Waals surface area contributed by atoms with E-state index in [4.69, 9.17) is 11.6 Å². The van der Waals surface area contributed by atoms with Crippen molar-refractivity contribution in [3.8, 4) is 0 Å². The first-order chi connectivity index (χ1) is 11.2. The molecule has 0 aromatic carbocycles. The molecule has 0 bridgehead atoms. The Morgan fingerprint density at radius 1 is 1.42 bits per heavy atom. The Balaban J connectivity index is 1.89. The van der Waals surface area contributed by atoms with Crippen LogP contribution in [0.3, 0.4) is 0 Å². The first-order valence-electron chi connectivity index (χ1n) is 7.58. The lowest BCUT2D eigenvalue weighted by molar-refractivity contribution is -0.137. The van der Waals surface area contributed by atoms with Gasteiger partial charge in [0, 0.05) is 39.4 Å². The Morgan fingerprint density at radius 2 is 2.04 bits per heavy atom. The third kappa shape index (κ3) is 4.98. The zero-order valence-corrected chi connectivity index (χ0v) is 14.3. The second kappa shape index (κ2) is 7.57. The van der Waals surface area contributed by atoms with Gasteiger partial charge >= 0.3 is 6.18 Å². The fourth-order valence-corrected chi connectivity index (χ4v) is 2.68. The number of nitrogens with zero attached hydrogens (tertiary/aromatic N) is 3. The molecule has 134 valence electrons. The van der Waals surface area contributed by atoms with Crippen molar-refractivity contribution in [3.05, 3.63) is 22.8 Å². The van der Waals surface area contributed by atoms with Crippen molar-refractivity contribution in [2.24, 2.45) is 0 Å². The third-order valence-electron chi connectivity index (χ3n) is 3.95. The normalized spacial score (nSPS) is 16.9. The molecule has 0 aliphatic carbocycles. The van der Waals surface area contributed by atoms with Gasteiger partial charge in [0.15, 0.2) is 0 Å². The smallest absolute Gasteiger partial charge is 0.366 e. The van der Waals surface area contributed by atoms with E-state index in [1.165, 1.54) is 0 Å². The highest BCUT2D eigenvalue weighted by molar-refractivity contribution is 6.33. The van der Waals surface area contributed by atoms with E-state index in [9.17, 15) is 18.0 Å². The summed E-state index contributed by atoms with van der Waals surface area (Å²) in [5.41, 5.74) is -0.866. The van der Waals surface area contributed by atoms with Crippen LogP contribution in [0.1, 0.15) is 18.4 Å². The topological polar surface area (TPSA) is 48.5 Å². The first kappa shape index (κ1) is 18.8. The van der Waals surface area contributed by atoms with Crippen LogP contribution in [0.2, 0.25) is 5.02 Å². The fourth-order valence-electron chi connectivity index (χ4n) is 2.46. The van der Waals surface area contributed by atoms with Crippen LogP contribution in [0.25, 0.3) is 0 Å². The van der Waals surface area contributed by atoms with Crippen LogP contribution in [0.15, 0.2) is 12.3 Å². The number of alkyl halides is 3. The fraction of sp³-hybridized carbons (Fsp3) is 0.600. The maximum absolute atomic E-state index is 12.6. The van der Waals surface area contributed by atoms with Gasteiger partial charge < -0.3 is 10.2 Å². The van der Waals surface area contributed by atoms with E-state index in [2.05, 4.69) is 15.2 Å². The van der Waals surface area contributed by atoms with Crippen LogP contribution < -0.4 is 5.32 Å². The molecule has 1 aromatic heterocycles. The Bertz CT molecular complexity index is 587. The highest BCUT2D eigenvalue weighted by Crippen LogP contribution is 2.32. The van der Waals surface area contributed by atoms with Gasteiger partial charge in [0.1, 0.15) is 5.82 Å². The van der Waals surface area contributed by atoms with E-state index in [1.54, 1.807) is 19.0 Å². The summed E-state index contributed by atoms with van der Waals surface area (Å²) < 4.78 is 37.8. The molecule has 1 aliphatic rings. The number of carbonyl (C=O) groups excluding carboxylic acids is 1. The number of likely N-dealkylation sites (N-methyl/N-ethyl adjacent to an activating group) is 1. The minimum atomic E-state index is -4.46. The molecule has 0 saturated carbocycles. The molecule has 2 heterocycles. The quantitative estimate of drug-likeness (QED) is 0.892. The van der Waals surface area contributed by atoms with Crippen molar-refractivity contribution in [3.63, 3.8) is 0 Å². The zero-order chi connectivity index (χ0) is 17.9. The van der Waals surface area contributed by atoms with Gasteiger partial charge in [-0.25, -0.2) is 4.98 Å². The summed E-state index contributed by atoms with van der Waals surface area (Å²) in [6, 6.07) is 0.944. The van der Waals surface area contributed by atoms with Crippen molar-refractivity contribution >= 4 is 23.3 Å². The number of carbonyl (C=O) groups is 1. The van der Waals surface area contributed by atoms with Crippen LogP contribution in [0, 0.1) is 0 Å². The molecule has 1 amide bonds. The molecule has 24 heavy (non-hydrogen) atoms. The van der Waals surface area contributed by atoms with Gasteiger partial charge in [-0.1, -0.05) is 11.6 Å². The van der Waals surface area contributed by atoms with E-state index in [1.807, 2.05) is 0 Å². The number of rotatable bonds is 4. The Hall–Kier alpha value is -1.54. The molecular formula is C15H20ClF3N4O. The van der Waals surface area contributed by atoms with Gasteiger partial charge in [0.25, 0.3) is 0 Å². The zero-order valence-electron chi connectivity index (χ0n) is 13.5. The summed E-state index contributed by atoms with van der Waals surface area (Å²) in [5, 5.41) is 3.05. The summed E-state index contributed by atoms with van der Waals surface area (Å²) >= 11 is 5.90. The first-order valence-corrected chi connectivity index (χ1v) is 7.96. The maximum atomic E-state index is 12.6. The molecule has 0 atom stereocenters. The Morgan fingerprint density at radius 3 is 2.54 bits per heavy atom. The molecule has 0 radical (unpaired) electrons. The van der Waals surface area contributed by atoms with Gasteiger partial charge in [-0.2, -0.15) is 13.2 Å². The van der Waals surface area contributed by atoms with Crippen LogP contribution in [-0.2, 0) is 11.0 Å². The van der Waals surface area contributed by atoms with E-state index in [0.717, 1.165) is 38.2 Å². The molecule has 1 N–H and O–H groups in total. The SMILES string of the molecule is CN(C)C(=O)CN1CCC(Nc2ncc(C(F)(F)F)cc2Cl)CC1. The highest BCUT2D eigenvalue weighted by atomic mass is 35.5. The highest BCUT2D eigenvalue weighted by Gasteiger charge is 2.32. The van der Waals surface area contributed by atoms with E-state index in [-0.39, 0.29) is 22.8 Å². The van der Waals surface area contributed by atoms with Gasteiger partial charge in [0.2, 0.25) is 5.91 Å². The van der Waals surface area contributed by atoms with E-state index in [0.29, 0.717) is 6.54 Å². The number of pyridine rings is 1. The minimum absolute atomic E-state index is 0.0463. The lowest BCUT2D eigenvalue weighted by atomic mass is 10.0. The molecule has 0 spiro atoms. The van der Waals surface area contributed by atoms with E-state index < -0.39 is 11.7 Å². The standard InChI is InChI=1S/C15H20ClF3N4O/c1-22(2)13(24)9-23-5-3-11(4-6-23)21-14-12(16)7-10(8-20-14)15(17,18)19/h7-8,11H,3-6,9H2,1-2H3,(H,20,21). The van der Waals surface area contributed by atoms with Crippen molar-refractivity contribution in [2.45, 2.75) is 25.1 Å². The average molecular weight is 365 g/mol. The minimum Gasteiger partial charge on any atom is -0.366 e. The van der Waals surface area contributed by atoms with Crippen LogP contribution >= 0.6 is 11.6 Å². The number of anilines is 1. The van der Waals surface area contributed by atoms with Crippen LogP contribution in [0.5, 0.6) is 0 Å². The van der Waals surface area contributed by atoms with Crippen LogP contribution in [-0.4, -0.2) is 60.5 Å². The van der Waals surface area contributed by atoms with Crippen LogP contribution in [0.4, 0.5) is 19.0 Å². The van der Waals surface area contributed by atoms with Crippen molar-refractivity contribution in [2.75, 3.05) is 39.0 Å². The van der Waals surface area contributed by atoms with Crippen molar-refractivity contribution in [1.82, 2.24) is 14.8 Å². The molecule has 9 heteroatoms. The van der Waals surface area contributed by atoms with Gasteiger partial charge in [-0.3, -0.25) is 9.69 Å². The van der Waals surface area contributed by atoms with E-state index >= 15 is 0 Å². The molecule has 1 saturated heterocycles. The molecule has 1 fully saturated rings. The molecule has 2 rings (SSSR count). The largest absolute Gasteiger partial charge is 0.417 e. The summed E-state index contributed by atoms with van der Waals surface area (Å²) in [5.74, 6) is 0.307. The second-order valence-corrected chi connectivity index (χ2v) is 6.44. The van der Waals surface area contributed by atoms with Gasteiger partial charge in [-0.05, 0) is 18.9 Å². The number of amides is 1.